The molecule has 2 N–H and O–H groups in total. The number of fused-ring (bicyclic) bond motifs is 2. The second kappa shape index (κ2) is 7.11. The van der Waals surface area contributed by atoms with Crippen molar-refractivity contribution in [2.24, 2.45) is 11.3 Å². The van der Waals surface area contributed by atoms with Gasteiger partial charge in [0.15, 0.2) is 0 Å². The average Bonchev–Trinajstić information content (AvgIpc) is 2.59. The molecule has 0 aromatic heterocycles. The highest BCUT2D eigenvalue weighted by Crippen LogP contribution is 2.46. The number of esters is 1. The minimum absolute atomic E-state index is 0.106. The summed E-state index contributed by atoms with van der Waals surface area (Å²) in [7, 11) is 1.79. The Morgan fingerprint density at radius 3 is 2.92 bits per heavy atom. The molecule has 0 radical (unpaired) electrons. The number of nitrogen functional groups attached to an aromatic ring is 1. The second-order valence-electron chi connectivity index (χ2n) is 7.16. The van der Waals surface area contributed by atoms with Crippen molar-refractivity contribution in [3.05, 3.63) is 29.8 Å². The molecule has 5 heteroatoms. The molecule has 1 aromatic rings. The van der Waals surface area contributed by atoms with Crippen LogP contribution >= 0.6 is 0 Å². The summed E-state index contributed by atoms with van der Waals surface area (Å²) in [6.45, 7) is 5.61. The Morgan fingerprint density at radius 1 is 1.42 bits per heavy atom. The summed E-state index contributed by atoms with van der Waals surface area (Å²) in [6.07, 6.45) is 3.56. The van der Waals surface area contributed by atoms with Gasteiger partial charge in [0.25, 0.3) is 0 Å². The first-order valence-corrected chi connectivity index (χ1v) is 8.86. The Morgan fingerprint density at radius 2 is 2.21 bits per heavy atom. The lowest BCUT2D eigenvalue weighted by Crippen LogP contribution is -2.61. The van der Waals surface area contributed by atoms with E-state index in [2.05, 4.69) is 11.8 Å². The summed E-state index contributed by atoms with van der Waals surface area (Å²) in [5, 5.41) is 0. The van der Waals surface area contributed by atoms with Gasteiger partial charge in [-0.2, -0.15) is 0 Å². The van der Waals surface area contributed by atoms with Gasteiger partial charge in [-0.15, -0.1) is 0 Å². The van der Waals surface area contributed by atoms with Gasteiger partial charge < -0.3 is 20.1 Å². The molecule has 24 heavy (non-hydrogen) atoms. The van der Waals surface area contributed by atoms with Crippen LogP contribution in [0.1, 0.15) is 36.5 Å². The van der Waals surface area contributed by atoms with Crippen molar-refractivity contribution in [3.8, 4) is 0 Å². The summed E-state index contributed by atoms with van der Waals surface area (Å²) in [5.74, 6) is 0.186. The molecule has 1 saturated heterocycles. The van der Waals surface area contributed by atoms with Crippen molar-refractivity contribution in [2.45, 2.75) is 32.3 Å². The number of carbonyl (C=O) groups excluding carboxylic acids is 1. The predicted molar refractivity (Wildman–Crippen MR) is 93.8 cm³/mol. The van der Waals surface area contributed by atoms with E-state index in [1.165, 1.54) is 12.8 Å². The van der Waals surface area contributed by atoms with E-state index in [9.17, 15) is 4.79 Å². The molecule has 1 aliphatic carbocycles. The number of likely N-dealkylation sites (tertiary alicyclic amines) is 1. The number of hydrogen-bond donors (Lipinski definition) is 1. The van der Waals surface area contributed by atoms with Crippen LogP contribution < -0.4 is 5.73 Å². The van der Waals surface area contributed by atoms with Crippen LogP contribution in [-0.4, -0.2) is 50.3 Å². The maximum Gasteiger partial charge on any atom is 0.340 e. The van der Waals surface area contributed by atoms with Crippen LogP contribution in [0.5, 0.6) is 0 Å². The Balaban J connectivity index is 1.75. The first kappa shape index (κ1) is 17.2. The van der Waals surface area contributed by atoms with E-state index in [1.54, 1.807) is 25.3 Å². The molecule has 2 fully saturated rings. The van der Waals surface area contributed by atoms with Crippen molar-refractivity contribution in [3.63, 3.8) is 0 Å². The molecule has 3 rings (SSSR count). The summed E-state index contributed by atoms with van der Waals surface area (Å²) in [5.41, 5.74) is 6.69. The Hall–Kier alpha value is -1.59. The molecular formula is C19H28N2O3. The van der Waals surface area contributed by atoms with Crippen LogP contribution in [0.2, 0.25) is 0 Å². The molecule has 1 unspecified atom stereocenters. The molecule has 2 aliphatic rings. The van der Waals surface area contributed by atoms with Gasteiger partial charge in [-0.3, -0.25) is 0 Å². The Kier molecular flexibility index (Phi) is 5.11. The van der Waals surface area contributed by atoms with Crippen molar-refractivity contribution < 1.29 is 14.3 Å². The van der Waals surface area contributed by atoms with Gasteiger partial charge in [0.2, 0.25) is 0 Å². The molecule has 1 heterocycles. The highest BCUT2D eigenvalue weighted by atomic mass is 16.5. The number of piperidine rings is 1. The van der Waals surface area contributed by atoms with Gasteiger partial charge in [0.1, 0.15) is 6.61 Å². The van der Waals surface area contributed by atoms with Crippen LogP contribution in [0.15, 0.2) is 24.3 Å². The number of benzene rings is 1. The third kappa shape index (κ3) is 3.15. The first-order chi connectivity index (χ1) is 11.6. The number of para-hydroxylation sites is 1. The van der Waals surface area contributed by atoms with Crippen LogP contribution in [-0.2, 0) is 9.47 Å². The number of carbonyl (C=O) groups is 1. The first-order valence-electron chi connectivity index (χ1n) is 8.86. The van der Waals surface area contributed by atoms with Crippen LogP contribution in [0.4, 0.5) is 5.69 Å². The van der Waals surface area contributed by atoms with Gasteiger partial charge in [-0.05, 0) is 37.4 Å². The van der Waals surface area contributed by atoms with Crippen LogP contribution in [0.25, 0.3) is 0 Å². The van der Waals surface area contributed by atoms with Crippen molar-refractivity contribution in [2.75, 3.05) is 39.1 Å². The number of nitrogens with two attached hydrogens (primary N) is 1. The zero-order valence-corrected chi connectivity index (χ0v) is 14.7. The number of rotatable bonds is 5. The van der Waals surface area contributed by atoms with Gasteiger partial charge in [-0.25, -0.2) is 4.79 Å². The van der Waals surface area contributed by atoms with Gasteiger partial charge in [0.05, 0.1) is 11.7 Å². The summed E-state index contributed by atoms with van der Waals surface area (Å²) in [6, 6.07) is 7.06. The third-order valence-corrected chi connectivity index (χ3v) is 5.69. The minimum Gasteiger partial charge on any atom is -0.461 e. The number of methoxy groups -OCH3 is 1. The lowest BCUT2D eigenvalue weighted by molar-refractivity contribution is -0.150. The fourth-order valence-electron chi connectivity index (χ4n) is 4.56. The Bertz CT molecular complexity index is 592. The Labute approximate surface area is 144 Å². The highest BCUT2D eigenvalue weighted by Gasteiger charge is 2.51. The molecular weight excluding hydrogens is 304 g/mol. The zero-order chi connectivity index (χ0) is 17.2. The largest absolute Gasteiger partial charge is 0.461 e. The SMILES string of the molecule is CCN1C[C@H]2CCC[C@@](COC(=O)c3ccccc3N)(C1)C2OC. The van der Waals surface area contributed by atoms with Crippen LogP contribution in [0, 0.1) is 11.3 Å². The summed E-state index contributed by atoms with van der Waals surface area (Å²) in [4.78, 5) is 14.9. The fourth-order valence-corrected chi connectivity index (χ4v) is 4.56. The third-order valence-electron chi connectivity index (χ3n) is 5.69. The van der Waals surface area contributed by atoms with E-state index in [0.29, 0.717) is 23.8 Å². The lowest BCUT2D eigenvalue weighted by Gasteiger charge is -2.54. The number of anilines is 1. The second-order valence-corrected chi connectivity index (χ2v) is 7.16. The molecule has 0 spiro atoms. The van der Waals surface area contributed by atoms with Crippen LogP contribution in [0.3, 0.4) is 0 Å². The molecule has 1 saturated carbocycles. The molecule has 5 nitrogen and oxygen atoms in total. The van der Waals surface area contributed by atoms with Gasteiger partial charge in [-0.1, -0.05) is 25.5 Å². The fraction of sp³-hybridized carbons (Fsp3) is 0.632. The standard InChI is InChI=1S/C19H28N2O3/c1-3-21-11-14-7-6-10-19(12-21,17(14)23-2)13-24-18(22)15-8-4-5-9-16(15)20/h4-5,8-9,14,17H,3,6-7,10-13,20H2,1-2H3/t14-,17?,19+/m1/s1. The lowest BCUT2D eigenvalue weighted by atomic mass is 9.64. The van der Waals surface area contributed by atoms with Crippen molar-refractivity contribution in [1.82, 2.24) is 4.90 Å². The maximum atomic E-state index is 12.5. The molecule has 2 bridgehead atoms. The average molecular weight is 332 g/mol. The molecule has 132 valence electrons. The normalized spacial score (nSPS) is 30.1. The predicted octanol–water partition coefficient (Wildman–Crippen LogP) is 2.56. The van der Waals surface area contributed by atoms with E-state index in [0.717, 1.165) is 26.1 Å². The highest BCUT2D eigenvalue weighted by molar-refractivity contribution is 5.94. The molecule has 1 aliphatic heterocycles. The minimum atomic E-state index is -0.340. The van der Waals surface area contributed by atoms with E-state index in [-0.39, 0.29) is 17.5 Å². The number of nitrogens with zero attached hydrogens (tertiary/aromatic N) is 1. The van der Waals surface area contributed by atoms with Gasteiger partial charge >= 0.3 is 5.97 Å². The number of hydrogen-bond acceptors (Lipinski definition) is 5. The zero-order valence-electron chi connectivity index (χ0n) is 14.7. The monoisotopic (exact) mass is 332 g/mol. The van der Waals surface area contributed by atoms with Crippen molar-refractivity contribution in [1.29, 1.82) is 0 Å². The van der Waals surface area contributed by atoms with Crippen molar-refractivity contribution >= 4 is 11.7 Å². The smallest absolute Gasteiger partial charge is 0.340 e. The topological polar surface area (TPSA) is 64.8 Å². The van der Waals surface area contributed by atoms with E-state index < -0.39 is 0 Å². The summed E-state index contributed by atoms with van der Waals surface area (Å²) < 4.78 is 11.6. The van der Waals surface area contributed by atoms with Gasteiger partial charge in [0, 0.05) is 31.3 Å². The summed E-state index contributed by atoms with van der Waals surface area (Å²) >= 11 is 0. The quantitative estimate of drug-likeness (QED) is 0.663. The van der Waals surface area contributed by atoms with E-state index in [1.807, 2.05) is 6.07 Å². The van der Waals surface area contributed by atoms with E-state index in [4.69, 9.17) is 15.2 Å². The molecule has 1 aromatic carbocycles. The molecule has 3 atom stereocenters. The maximum absolute atomic E-state index is 12.5. The van der Waals surface area contributed by atoms with E-state index >= 15 is 0 Å². The number of ether oxygens (including phenoxy) is 2. The molecule has 0 amide bonds.